The molecule has 2 unspecified atom stereocenters. The predicted molar refractivity (Wildman–Crippen MR) is 138 cm³/mol. The van der Waals surface area contributed by atoms with E-state index in [0.29, 0.717) is 5.56 Å². The predicted octanol–water partition coefficient (Wildman–Crippen LogP) is 6.97. The molecule has 3 heterocycles. The summed E-state index contributed by atoms with van der Waals surface area (Å²) >= 11 is 5.41. The summed E-state index contributed by atoms with van der Waals surface area (Å²) in [6, 6.07) is 22.4. The van der Waals surface area contributed by atoms with Crippen LogP contribution in [0.5, 0.6) is 0 Å². The maximum atomic E-state index is 13.1. The molecule has 0 saturated carbocycles. The van der Waals surface area contributed by atoms with Crippen LogP contribution < -0.4 is 9.88 Å². The molecule has 2 aliphatic heterocycles. The summed E-state index contributed by atoms with van der Waals surface area (Å²) in [6.45, 7) is 4.66. The van der Waals surface area contributed by atoms with E-state index in [4.69, 9.17) is 4.98 Å². The van der Waals surface area contributed by atoms with E-state index in [0.717, 1.165) is 27.0 Å². The van der Waals surface area contributed by atoms with Gasteiger partial charge in [0.25, 0.3) is 0 Å². The zero-order chi connectivity index (χ0) is 24.2. The summed E-state index contributed by atoms with van der Waals surface area (Å²) in [5.41, 5.74) is 5.03. The molecule has 0 spiro atoms. The van der Waals surface area contributed by atoms with Crippen LogP contribution in [0.2, 0.25) is 0 Å². The van der Waals surface area contributed by atoms with Gasteiger partial charge in [-0.05, 0) is 54.8 Å². The number of benzene rings is 3. The lowest BCUT2D eigenvalue weighted by molar-refractivity contribution is -0.137. The first kappa shape index (κ1) is 21.8. The Kier molecular flexibility index (Phi) is 4.39. The molecule has 2 atom stereocenters. The van der Waals surface area contributed by atoms with Crippen molar-refractivity contribution in [2.45, 2.75) is 39.3 Å². The van der Waals surface area contributed by atoms with E-state index in [1.54, 1.807) is 11.3 Å². The second-order valence-corrected chi connectivity index (χ2v) is 13.2. The van der Waals surface area contributed by atoms with E-state index in [1.165, 1.54) is 44.2 Å². The largest absolute Gasteiger partial charge is 0.416 e. The number of hydrogen-bond acceptors (Lipinski definition) is 4. The van der Waals surface area contributed by atoms with E-state index in [9.17, 15) is 13.2 Å². The lowest BCUT2D eigenvalue weighted by Crippen LogP contribution is -2.53. The van der Waals surface area contributed by atoms with Gasteiger partial charge in [-0.15, -0.1) is 34.9 Å². The van der Waals surface area contributed by atoms with Crippen molar-refractivity contribution < 1.29 is 13.2 Å². The minimum Gasteiger partial charge on any atom is -0.236 e. The van der Waals surface area contributed by atoms with Crippen LogP contribution in [0, 0.1) is 0 Å². The first-order valence-electron chi connectivity index (χ1n) is 11.2. The van der Waals surface area contributed by atoms with Crippen molar-refractivity contribution in [2.75, 3.05) is 0 Å². The highest BCUT2D eigenvalue weighted by atomic mass is 32.2. The molecule has 7 heteroatoms. The fraction of sp³-hybridized carbons (Fsp3) is 0.179. The van der Waals surface area contributed by atoms with E-state index in [2.05, 4.69) is 62.4 Å². The average Bonchev–Trinajstić information content (AvgIpc) is 3.48. The molecule has 35 heavy (non-hydrogen) atoms. The van der Waals surface area contributed by atoms with E-state index < -0.39 is 11.7 Å². The van der Waals surface area contributed by atoms with Crippen LogP contribution >= 0.6 is 34.9 Å². The third-order valence-electron chi connectivity index (χ3n) is 7.36. The Labute approximate surface area is 212 Å². The third-order valence-corrected chi connectivity index (χ3v) is 11.8. The van der Waals surface area contributed by atoms with Gasteiger partial charge in [0.1, 0.15) is 5.01 Å². The number of fused-ring (bicyclic) bond motifs is 8. The molecular weight excluding hydrogens is 504 g/mol. The first-order valence-corrected chi connectivity index (χ1v) is 13.7. The number of thioether (sulfide) groups is 2. The van der Waals surface area contributed by atoms with Gasteiger partial charge in [-0.3, -0.25) is 0 Å². The molecule has 0 radical (unpaired) electrons. The first-order chi connectivity index (χ1) is 16.7. The Bertz CT molecular complexity index is 1570. The number of alkyl halides is 3. The molecule has 0 N–H and O–H groups in total. The van der Waals surface area contributed by atoms with Crippen LogP contribution in [0.25, 0.3) is 21.7 Å². The van der Waals surface area contributed by atoms with E-state index >= 15 is 0 Å². The molecular formula is C28H18F3NS3. The van der Waals surface area contributed by atoms with Gasteiger partial charge in [0.15, 0.2) is 0 Å². The summed E-state index contributed by atoms with van der Waals surface area (Å²) in [7, 11) is 0. The van der Waals surface area contributed by atoms with Crippen LogP contribution in [-0.4, -0.2) is 14.5 Å². The quantitative estimate of drug-likeness (QED) is 0.269. The van der Waals surface area contributed by atoms with Crippen molar-refractivity contribution in [3.8, 4) is 10.6 Å². The number of rotatable bonds is 1. The van der Waals surface area contributed by atoms with Gasteiger partial charge in [-0.1, -0.05) is 48.5 Å². The summed E-state index contributed by atoms with van der Waals surface area (Å²) in [6.07, 6.45) is -4.36. The molecule has 7 rings (SSSR count). The van der Waals surface area contributed by atoms with Crippen molar-refractivity contribution in [1.82, 2.24) is 4.98 Å². The van der Waals surface area contributed by atoms with Crippen LogP contribution in [0.1, 0.15) is 30.5 Å². The molecule has 1 aromatic heterocycles. The maximum Gasteiger partial charge on any atom is 0.416 e. The van der Waals surface area contributed by atoms with Crippen LogP contribution in [0.4, 0.5) is 13.2 Å². The molecule has 3 aromatic carbocycles. The van der Waals surface area contributed by atoms with Gasteiger partial charge < -0.3 is 0 Å². The van der Waals surface area contributed by atoms with Crippen molar-refractivity contribution in [2.24, 2.45) is 0 Å². The molecule has 0 amide bonds. The highest BCUT2D eigenvalue weighted by Gasteiger charge is 2.60. The Morgan fingerprint density at radius 1 is 0.714 bits per heavy atom. The number of halogens is 3. The van der Waals surface area contributed by atoms with E-state index in [-0.39, 0.29) is 9.49 Å². The van der Waals surface area contributed by atoms with Crippen LogP contribution in [0.3, 0.4) is 0 Å². The van der Waals surface area contributed by atoms with Gasteiger partial charge >= 0.3 is 6.18 Å². The Hall–Kier alpha value is -2.48. The molecule has 0 bridgehead atoms. The summed E-state index contributed by atoms with van der Waals surface area (Å²) < 4.78 is 40.1. The van der Waals surface area contributed by atoms with Crippen molar-refractivity contribution in [3.05, 3.63) is 99.4 Å². The molecule has 1 aliphatic carbocycles. The monoisotopic (exact) mass is 521 g/mol. The topological polar surface area (TPSA) is 12.9 Å². The van der Waals surface area contributed by atoms with Gasteiger partial charge in [0, 0.05) is 20.9 Å². The average molecular weight is 522 g/mol. The van der Waals surface area contributed by atoms with Gasteiger partial charge in [-0.25, -0.2) is 4.98 Å². The van der Waals surface area contributed by atoms with Gasteiger partial charge in [0.05, 0.1) is 24.9 Å². The molecule has 3 aliphatic rings. The number of thiazole rings is 1. The standard InChI is InChI=1S/C28H18F3NS3/c1-26-21(17-7-3-5-9-19(17)34-26)23-24(22-18-8-4-6-10-20(18)35-27(22,26)2)33-25(32-23)15-11-13-16(14-12-15)28(29,30)31/h3-14H,1-2H3. The lowest BCUT2D eigenvalue weighted by Gasteiger charge is -2.43. The van der Waals surface area contributed by atoms with Gasteiger partial charge in [-0.2, -0.15) is 13.2 Å². The number of aromatic nitrogens is 1. The number of nitrogens with zero attached hydrogens (tertiary/aromatic N) is 1. The lowest BCUT2D eigenvalue weighted by atomic mass is 9.75. The number of hydrogen-bond donors (Lipinski definition) is 0. The zero-order valence-corrected chi connectivity index (χ0v) is 21.2. The fourth-order valence-electron chi connectivity index (χ4n) is 5.53. The second-order valence-electron chi connectivity index (χ2n) is 9.28. The molecule has 4 aromatic rings. The highest BCUT2D eigenvalue weighted by Crippen LogP contribution is 2.68. The van der Waals surface area contributed by atoms with Crippen molar-refractivity contribution >= 4 is 46.0 Å². The van der Waals surface area contributed by atoms with Crippen molar-refractivity contribution in [1.29, 1.82) is 0 Å². The fourth-order valence-corrected chi connectivity index (χ4v) is 10.0. The Morgan fingerprint density at radius 2 is 1.26 bits per heavy atom. The Morgan fingerprint density at radius 3 is 1.86 bits per heavy atom. The smallest absolute Gasteiger partial charge is 0.236 e. The summed E-state index contributed by atoms with van der Waals surface area (Å²) in [5, 5.41) is 1.72. The molecule has 0 saturated heterocycles. The summed E-state index contributed by atoms with van der Waals surface area (Å²) in [5.74, 6) is 0. The normalized spacial score (nSPS) is 24.0. The third kappa shape index (κ3) is 2.83. The highest BCUT2D eigenvalue weighted by molar-refractivity contribution is 8.06. The Balaban J connectivity index is 1.58. The summed E-state index contributed by atoms with van der Waals surface area (Å²) in [4.78, 5) is 7.63. The minimum absolute atomic E-state index is 0.216. The zero-order valence-electron chi connectivity index (χ0n) is 18.7. The molecule has 174 valence electrons. The van der Waals surface area contributed by atoms with E-state index in [1.807, 2.05) is 23.5 Å². The minimum atomic E-state index is -4.36. The van der Waals surface area contributed by atoms with Gasteiger partial charge in [0.2, 0.25) is 0 Å². The molecule has 0 fully saturated rings. The van der Waals surface area contributed by atoms with Crippen LogP contribution in [0.15, 0.2) is 82.6 Å². The second kappa shape index (κ2) is 7.05. The molecule has 1 nitrogen and oxygen atoms in total. The van der Waals surface area contributed by atoms with Crippen molar-refractivity contribution in [3.63, 3.8) is 0 Å². The maximum absolute atomic E-state index is 13.1. The van der Waals surface area contributed by atoms with Crippen LogP contribution in [-0.2, 0) is 6.18 Å². The SMILES string of the molecule is CC12Sc3ccccc3C1=c1nc(-c3ccc(C(F)(F)F)cc3)sc1=C1c3ccccc3SC12C.